The fourth-order valence-corrected chi connectivity index (χ4v) is 2.96. The van der Waals surface area contributed by atoms with Crippen molar-refractivity contribution in [3.8, 4) is 0 Å². The lowest BCUT2D eigenvalue weighted by molar-refractivity contribution is 0.0697. The maximum absolute atomic E-state index is 11.5. The third-order valence-corrected chi connectivity index (χ3v) is 4.05. The Kier molecular flexibility index (Phi) is 5.12. The molecule has 1 aromatic heterocycles. The van der Waals surface area contributed by atoms with E-state index in [4.69, 9.17) is 5.11 Å². The van der Waals surface area contributed by atoms with E-state index in [2.05, 4.69) is 20.8 Å². The summed E-state index contributed by atoms with van der Waals surface area (Å²) < 4.78 is 1.99. The van der Waals surface area contributed by atoms with Crippen LogP contribution in [0, 0.1) is 0 Å². The number of aryl methyl sites for hydroxylation is 1. The van der Waals surface area contributed by atoms with Crippen LogP contribution in [0.3, 0.4) is 0 Å². The van der Waals surface area contributed by atoms with Crippen molar-refractivity contribution in [1.29, 1.82) is 0 Å². The SMILES string of the molecule is CC(C)(C)c1cc(C(=O)O)cc2c(CCCO)cn(CCO)c12. The summed E-state index contributed by atoms with van der Waals surface area (Å²) in [5, 5.41) is 28.8. The smallest absolute Gasteiger partial charge is 0.335 e. The molecule has 0 amide bonds. The van der Waals surface area contributed by atoms with Gasteiger partial charge in [0.15, 0.2) is 0 Å². The van der Waals surface area contributed by atoms with Gasteiger partial charge in [0.1, 0.15) is 0 Å². The molecular weight excluding hydrogens is 294 g/mol. The lowest BCUT2D eigenvalue weighted by atomic mass is 9.84. The zero-order chi connectivity index (χ0) is 17.2. The van der Waals surface area contributed by atoms with E-state index in [1.165, 1.54) is 0 Å². The van der Waals surface area contributed by atoms with Crippen LogP contribution in [0.4, 0.5) is 0 Å². The predicted octanol–water partition coefficient (Wildman–Crippen LogP) is 2.55. The van der Waals surface area contributed by atoms with Crippen molar-refractivity contribution in [2.45, 2.75) is 45.6 Å². The number of carbonyl (C=O) groups is 1. The standard InChI is InChI=1S/C18H25NO4/c1-18(2,3)15-10-13(17(22)23)9-14-12(5-4-7-20)11-19(6-8-21)16(14)15/h9-11,20-21H,4-8H2,1-3H3,(H,22,23). The Balaban J connectivity index is 2.79. The number of aliphatic hydroxyl groups excluding tert-OH is 2. The Morgan fingerprint density at radius 3 is 2.39 bits per heavy atom. The van der Waals surface area contributed by atoms with Crippen LogP contribution in [-0.2, 0) is 18.4 Å². The van der Waals surface area contributed by atoms with Crippen molar-refractivity contribution in [1.82, 2.24) is 4.57 Å². The third kappa shape index (κ3) is 3.57. The Labute approximate surface area is 136 Å². The van der Waals surface area contributed by atoms with Gasteiger partial charge in [-0.1, -0.05) is 20.8 Å². The number of fused-ring (bicyclic) bond motifs is 1. The van der Waals surface area contributed by atoms with Crippen molar-refractivity contribution >= 4 is 16.9 Å². The molecule has 0 unspecified atom stereocenters. The van der Waals surface area contributed by atoms with Crippen molar-refractivity contribution in [2.24, 2.45) is 0 Å². The van der Waals surface area contributed by atoms with Crippen LogP contribution in [0.1, 0.15) is 48.7 Å². The fourth-order valence-electron chi connectivity index (χ4n) is 2.96. The molecule has 3 N–H and O–H groups in total. The van der Waals surface area contributed by atoms with E-state index >= 15 is 0 Å². The van der Waals surface area contributed by atoms with E-state index in [-0.39, 0.29) is 24.2 Å². The minimum Gasteiger partial charge on any atom is -0.478 e. The van der Waals surface area contributed by atoms with Gasteiger partial charge in [0.25, 0.3) is 0 Å². The molecule has 1 aromatic carbocycles. The summed E-state index contributed by atoms with van der Waals surface area (Å²) in [6.45, 7) is 6.74. The Bertz CT molecular complexity index is 710. The first-order chi connectivity index (χ1) is 10.8. The summed E-state index contributed by atoms with van der Waals surface area (Å²) in [5.41, 5.74) is 3.00. The van der Waals surface area contributed by atoms with Gasteiger partial charge in [-0.05, 0) is 41.5 Å². The number of nitrogens with zero attached hydrogens (tertiary/aromatic N) is 1. The molecule has 1 heterocycles. The Hall–Kier alpha value is -1.85. The minimum absolute atomic E-state index is 0.0213. The average molecular weight is 319 g/mol. The van der Waals surface area contributed by atoms with E-state index in [1.54, 1.807) is 12.1 Å². The number of aromatic carboxylic acids is 1. The Morgan fingerprint density at radius 1 is 1.17 bits per heavy atom. The summed E-state index contributed by atoms with van der Waals surface area (Å²) in [6, 6.07) is 3.43. The summed E-state index contributed by atoms with van der Waals surface area (Å²) in [7, 11) is 0. The topological polar surface area (TPSA) is 82.7 Å². The van der Waals surface area contributed by atoms with Gasteiger partial charge < -0.3 is 19.9 Å². The predicted molar refractivity (Wildman–Crippen MR) is 90.1 cm³/mol. The molecule has 0 aliphatic rings. The third-order valence-electron chi connectivity index (χ3n) is 4.05. The van der Waals surface area contributed by atoms with Gasteiger partial charge in [-0.2, -0.15) is 0 Å². The van der Waals surface area contributed by atoms with Crippen LogP contribution < -0.4 is 0 Å². The number of aliphatic hydroxyl groups is 2. The highest BCUT2D eigenvalue weighted by Crippen LogP contribution is 2.34. The zero-order valence-corrected chi connectivity index (χ0v) is 14.0. The number of aromatic nitrogens is 1. The highest BCUT2D eigenvalue weighted by Gasteiger charge is 2.23. The number of rotatable bonds is 6. The first-order valence-electron chi connectivity index (χ1n) is 7.91. The van der Waals surface area contributed by atoms with E-state index in [9.17, 15) is 15.0 Å². The van der Waals surface area contributed by atoms with Gasteiger partial charge in [-0.25, -0.2) is 4.79 Å². The summed E-state index contributed by atoms with van der Waals surface area (Å²) in [5.74, 6) is -0.944. The lowest BCUT2D eigenvalue weighted by Crippen LogP contribution is -2.15. The van der Waals surface area contributed by atoms with Crippen molar-refractivity contribution in [3.63, 3.8) is 0 Å². The van der Waals surface area contributed by atoms with E-state index < -0.39 is 5.97 Å². The summed E-state index contributed by atoms with van der Waals surface area (Å²) in [6.07, 6.45) is 3.27. The zero-order valence-electron chi connectivity index (χ0n) is 14.0. The Morgan fingerprint density at radius 2 is 1.87 bits per heavy atom. The van der Waals surface area contributed by atoms with E-state index in [1.807, 2.05) is 10.8 Å². The van der Waals surface area contributed by atoms with Gasteiger partial charge in [0, 0.05) is 24.7 Å². The van der Waals surface area contributed by atoms with Crippen molar-refractivity contribution in [3.05, 3.63) is 35.0 Å². The minimum atomic E-state index is -0.944. The molecule has 23 heavy (non-hydrogen) atoms. The molecule has 2 aromatic rings. The molecule has 2 rings (SSSR count). The molecule has 0 fully saturated rings. The van der Waals surface area contributed by atoms with Gasteiger partial charge >= 0.3 is 5.97 Å². The first-order valence-corrected chi connectivity index (χ1v) is 7.91. The van der Waals surface area contributed by atoms with Crippen molar-refractivity contribution < 1.29 is 20.1 Å². The summed E-state index contributed by atoms with van der Waals surface area (Å²) in [4.78, 5) is 11.5. The molecule has 0 radical (unpaired) electrons. The number of carboxylic acids is 1. The van der Waals surface area contributed by atoms with E-state index in [0.29, 0.717) is 19.4 Å². The van der Waals surface area contributed by atoms with Crippen LogP contribution in [0.2, 0.25) is 0 Å². The number of hydrogen-bond acceptors (Lipinski definition) is 3. The van der Waals surface area contributed by atoms with Crippen LogP contribution >= 0.6 is 0 Å². The fraction of sp³-hybridized carbons (Fsp3) is 0.500. The number of carboxylic acid groups (broad SMARTS) is 1. The second-order valence-corrected chi connectivity index (χ2v) is 6.87. The normalized spacial score (nSPS) is 12.0. The van der Waals surface area contributed by atoms with Crippen molar-refractivity contribution in [2.75, 3.05) is 13.2 Å². The van der Waals surface area contributed by atoms with Gasteiger partial charge in [0.2, 0.25) is 0 Å². The molecule has 0 bridgehead atoms. The van der Waals surface area contributed by atoms with Gasteiger partial charge in [-0.15, -0.1) is 0 Å². The quantitative estimate of drug-likeness (QED) is 0.764. The molecule has 0 saturated carbocycles. The van der Waals surface area contributed by atoms with Crippen LogP contribution in [-0.4, -0.2) is 39.1 Å². The molecule has 5 heteroatoms. The van der Waals surface area contributed by atoms with Crippen LogP contribution in [0.5, 0.6) is 0 Å². The second kappa shape index (κ2) is 6.72. The molecular formula is C18H25NO4. The maximum atomic E-state index is 11.5. The summed E-state index contributed by atoms with van der Waals surface area (Å²) >= 11 is 0. The lowest BCUT2D eigenvalue weighted by Gasteiger charge is -2.22. The maximum Gasteiger partial charge on any atom is 0.335 e. The highest BCUT2D eigenvalue weighted by atomic mass is 16.4. The van der Waals surface area contributed by atoms with Crippen LogP contribution in [0.15, 0.2) is 18.3 Å². The van der Waals surface area contributed by atoms with Crippen LogP contribution in [0.25, 0.3) is 10.9 Å². The largest absolute Gasteiger partial charge is 0.478 e. The molecule has 0 saturated heterocycles. The van der Waals surface area contributed by atoms with Gasteiger partial charge in [0.05, 0.1) is 17.7 Å². The number of hydrogen-bond donors (Lipinski definition) is 3. The first kappa shape index (κ1) is 17.5. The monoisotopic (exact) mass is 319 g/mol. The molecule has 0 aliphatic heterocycles. The number of benzene rings is 1. The molecule has 0 spiro atoms. The van der Waals surface area contributed by atoms with Gasteiger partial charge in [-0.3, -0.25) is 0 Å². The average Bonchev–Trinajstić information content (AvgIpc) is 2.81. The molecule has 0 atom stereocenters. The molecule has 5 nitrogen and oxygen atoms in total. The van der Waals surface area contributed by atoms with E-state index in [0.717, 1.165) is 22.0 Å². The second-order valence-electron chi connectivity index (χ2n) is 6.87. The highest BCUT2D eigenvalue weighted by molar-refractivity contribution is 5.97. The molecule has 126 valence electrons. The molecule has 0 aliphatic carbocycles.